The quantitative estimate of drug-likeness (QED) is 0.793. The Bertz CT molecular complexity index is 734. The Kier molecular flexibility index (Phi) is 3.49. The first-order valence-corrected chi connectivity index (χ1v) is 7.38. The summed E-state index contributed by atoms with van der Waals surface area (Å²) in [7, 11) is -2.16. The van der Waals surface area contributed by atoms with Gasteiger partial charge in [0.1, 0.15) is 5.75 Å². The Labute approximate surface area is 115 Å². The molecule has 1 aromatic carbocycles. The Hall–Kier alpha value is -2.35. The van der Waals surface area contributed by atoms with Gasteiger partial charge in [-0.25, -0.2) is 8.42 Å². The predicted octanol–water partition coefficient (Wildman–Crippen LogP) is 1.74. The van der Waals surface area contributed by atoms with Gasteiger partial charge in [0.05, 0.1) is 13.4 Å². The summed E-state index contributed by atoms with van der Waals surface area (Å²) in [4.78, 5) is 0. The summed E-state index contributed by atoms with van der Waals surface area (Å²) in [5.41, 5.74) is 0.429. The van der Waals surface area contributed by atoms with Crippen LogP contribution in [0.4, 0.5) is 5.88 Å². The molecule has 3 N–H and O–H groups in total. The zero-order valence-corrected chi connectivity index (χ0v) is 11.6. The lowest BCUT2D eigenvalue weighted by molar-refractivity contribution is 0.410. The number of methoxy groups -OCH3 is 1. The third kappa shape index (κ3) is 2.80. The minimum Gasteiger partial charge on any atom is -0.502 e. The van der Waals surface area contributed by atoms with Crippen LogP contribution in [0.15, 0.2) is 28.7 Å². The van der Waals surface area contributed by atoms with Gasteiger partial charge in [0, 0.05) is 5.56 Å². The molecule has 108 valence electrons. The number of hydrogen-bond donors (Lipinski definition) is 3. The van der Waals surface area contributed by atoms with Crippen molar-refractivity contribution in [3.05, 3.63) is 24.3 Å². The van der Waals surface area contributed by atoms with Gasteiger partial charge in [-0.15, -0.1) is 0 Å². The van der Waals surface area contributed by atoms with Crippen molar-refractivity contribution in [2.45, 2.75) is 0 Å². The zero-order chi connectivity index (χ0) is 14.9. The maximum absolute atomic E-state index is 11.1. The normalized spacial score (nSPS) is 11.3. The molecule has 2 aromatic rings. The number of aromatic hydroxyl groups is 2. The van der Waals surface area contributed by atoms with Crippen LogP contribution in [-0.4, -0.2) is 32.0 Å². The Morgan fingerprint density at radius 2 is 1.95 bits per heavy atom. The average Bonchev–Trinajstić information content (AvgIpc) is 2.65. The number of anilines is 1. The maximum Gasteiger partial charge on any atom is 0.253 e. The van der Waals surface area contributed by atoms with Crippen LogP contribution < -0.4 is 9.46 Å². The van der Waals surface area contributed by atoms with Crippen molar-refractivity contribution in [2.24, 2.45) is 0 Å². The van der Waals surface area contributed by atoms with E-state index in [9.17, 15) is 18.6 Å². The van der Waals surface area contributed by atoms with Crippen LogP contribution in [0, 0.1) is 0 Å². The molecule has 2 rings (SSSR count). The number of rotatable bonds is 4. The van der Waals surface area contributed by atoms with Crippen molar-refractivity contribution >= 4 is 15.9 Å². The van der Waals surface area contributed by atoms with Crippen molar-refractivity contribution in [1.82, 2.24) is 0 Å². The smallest absolute Gasteiger partial charge is 0.253 e. The highest BCUT2D eigenvalue weighted by atomic mass is 32.2. The summed E-state index contributed by atoms with van der Waals surface area (Å²) >= 11 is 0. The molecule has 0 saturated carbocycles. The lowest BCUT2D eigenvalue weighted by atomic mass is 10.1. The van der Waals surface area contributed by atoms with E-state index in [1.807, 2.05) is 4.72 Å². The first-order chi connectivity index (χ1) is 9.31. The Morgan fingerprint density at radius 1 is 1.25 bits per heavy atom. The minimum atomic E-state index is -3.64. The molecule has 0 atom stereocenters. The molecule has 20 heavy (non-hydrogen) atoms. The van der Waals surface area contributed by atoms with Gasteiger partial charge in [0.2, 0.25) is 21.5 Å². The third-order valence-electron chi connectivity index (χ3n) is 2.47. The Morgan fingerprint density at radius 3 is 2.55 bits per heavy atom. The molecule has 0 fully saturated rings. The van der Waals surface area contributed by atoms with Gasteiger partial charge < -0.3 is 19.4 Å². The molecular formula is C12H13NO6S. The summed E-state index contributed by atoms with van der Waals surface area (Å²) in [6.07, 6.45) is 0.900. The molecular weight excluding hydrogens is 286 g/mol. The topological polar surface area (TPSA) is 109 Å². The van der Waals surface area contributed by atoms with Crippen LogP contribution in [-0.2, 0) is 10.0 Å². The van der Waals surface area contributed by atoms with E-state index in [1.165, 1.54) is 7.11 Å². The molecule has 0 aliphatic heterocycles. The summed E-state index contributed by atoms with van der Waals surface area (Å²) in [6, 6.07) is 6.54. The molecule has 0 aliphatic carbocycles. The summed E-state index contributed by atoms with van der Waals surface area (Å²) < 4.78 is 34.4. The second-order valence-corrected chi connectivity index (χ2v) is 5.81. The molecule has 0 radical (unpaired) electrons. The van der Waals surface area contributed by atoms with E-state index in [-0.39, 0.29) is 5.76 Å². The van der Waals surface area contributed by atoms with Crippen molar-refractivity contribution in [2.75, 3.05) is 18.1 Å². The summed E-state index contributed by atoms with van der Waals surface area (Å²) in [5.74, 6) is -1.21. The van der Waals surface area contributed by atoms with Crippen LogP contribution in [0.1, 0.15) is 0 Å². The van der Waals surface area contributed by atoms with E-state index in [2.05, 4.69) is 0 Å². The number of furan rings is 1. The number of benzene rings is 1. The zero-order valence-electron chi connectivity index (χ0n) is 10.7. The molecule has 0 amide bonds. The molecule has 7 nitrogen and oxygen atoms in total. The van der Waals surface area contributed by atoms with Gasteiger partial charge in [-0.1, -0.05) is 12.1 Å². The summed E-state index contributed by atoms with van der Waals surface area (Å²) in [5, 5.41) is 19.5. The molecule has 0 spiro atoms. The average molecular weight is 299 g/mol. The number of ether oxygens (including phenoxy) is 1. The van der Waals surface area contributed by atoms with E-state index in [0.717, 1.165) is 6.26 Å². The fraction of sp³-hybridized carbons (Fsp3) is 0.167. The molecule has 0 saturated heterocycles. The van der Waals surface area contributed by atoms with E-state index in [1.54, 1.807) is 24.3 Å². The second kappa shape index (κ2) is 4.97. The SMILES string of the molecule is COc1cccc(-c2oc(NS(C)(=O)=O)c(O)c2O)c1. The highest BCUT2D eigenvalue weighted by Gasteiger charge is 2.22. The van der Waals surface area contributed by atoms with Crippen LogP contribution in [0.25, 0.3) is 11.3 Å². The van der Waals surface area contributed by atoms with Crippen molar-refractivity contribution < 1.29 is 27.8 Å². The fourth-order valence-corrected chi connectivity index (χ4v) is 2.09. The molecule has 0 bridgehead atoms. The van der Waals surface area contributed by atoms with Crippen molar-refractivity contribution in [1.29, 1.82) is 0 Å². The number of nitrogens with one attached hydrogen (secondary N) is 1. The van der Waals surface area contributed by atoms with Gasteiger partial charge in [-0.3, -0.25) is 4.72 Å². The van der Waals surface area contributed by atoms with E-state index >= 15 is 0 Å². The third-order valence-corrected chi connectivity index (χ3v) is 3.02. The first kappa shape index (κ1) is 14.1. The highest BCUT2D eigenvalue weighted by Crippen LogP contribution is 2.45. The van der Waals surface area contributed by atoms with E-state index in [0.29, 0.717) is 11.3 Å². The molecule has 1 heterocycles. The lowest BCUT2D eigenvalue weighted by Gasteiger charge is -2.02. The van der Waals surface area contributed by atoms with Crippen molar-refractivity contribution in [3.63, 3.8) is 0 Å². The molecule has 1 aromatic heterocycles. The van der Waals surface area contributed by atoms with Gasteiger partial charge in [-0.2, -0.15) is 0 Å². The monoisotopic (exact) mass is 299 g/mol. The predicted molar refractivity (Wildman–Crippen MR) is 72.5 cm³/mol. The van der Waals surface area contributed by atoms with Gasteiger partial charge in [0.25, 0.3) is 5.88 Å². The lowest BCUT2D eigenvalue weighted by Crippen LogP contribution is -2.08. The standard InChI is InChI=1S/C12H13NO6S/c1-18-8-5-3-4-7(6-8)11-9(14)10(15)12(19-11)13-20(2,16)17/h3-6,13-15H,1-2H3. The fourth-order valence-electron chi connectivity index (χ4n) is 1.61. The van der Waals surface area contributed by atoms with Gasteiger partial charge >= 0.3 is 0 Å². The van der Waals surface area contributed by atoms with E-state index in [4.69, 9.17) is 9.15 Å². The minimum absolute atomic E-state index is 0.0625. The summed E-state index contributed by atoms with van der Waals surface area (Å²) in [6.45, 7) is 0. The van der Waals surface area contributed by atoms with Gasteiger partial charge in [0.15, 0.2) is 5.76 Å². The van der Waals surface area contributed by atoms with E-state index < -0.39 is 27.4 Å². The van der Waals surface area contributed by atoms with Crippen LogP contribution in [0.5, 0.6) is 17.2 Å². The Balaban J connectivity index is 2.50. The van der Waals surface area contributed by atoms with Crippen LogP contribution >= 0.6 is 0 Å². The second-order valence-electron chi connectivity index (χ2n) is 4.06. The number of sulfonamides is 1. The first-order valence-electron chi connectivity index (χ1n) is 5.48. The molecule has 0 aliphatic rings. The maximum atomic E-state index is 11.1. The molecule has 8 heteroatoms. The largest absolute Gasteiger partial charge is 0.502 e. The van der Waals surface area contributed by atoms with Crippen LogP contribution in [0.2, 0.25) is 0 Å². The van der Waals surface area contributed by atoms with Crippen molar-refractivity contribution in [3.8, 4) is 28.6 Å². The number of hydrogen-bond acceptors (Lipinski definition) is 6. The van der Waals surface area contributed by atoms with Crippen LogP contribution in [0.3, 0.4) is 0 Å². The molecule has 0 unspecified atom stereocenters. The highest BCUT2D eigenvalue weighted by molar-refractivity contribution is 7.92. The van der Waals surface area contributed by atoms with Gasteiger partial charge in [-0.05, 0) is 12.1 Å².